The van der Waals surface area contributed by atoms with E-state index in [1.54, 1.807) is 24.7 Å². The molecule has 0 amide bonds. The van der Waals surface area contributed by atoms with E-state index in [0.717, 1.165) is 25.0 Å². The van der Waals surface area contributed by atoms with Crippen molar-refractivity contribution in [2.75, 3.05) is 29.4 Å². The van der Waals surface area contributed by atoms with Gasteiger partial charge in [-0.15, -0.1) is 0 Å². The van der Waals surface area contributed by atoms with E-state index in [2.05, 4.69) is 4.98 Å². The van der Waals surface area contributed by atoms with E-state index in [4.69, 9.17) is 0 Å². The van der Waals surface area contributed by atoms with Crippen molar-refractivity contribution < 1.29 is 13.2 Å². The molecule has 1 aliphatic heterocycles. The summed E-state index contributed by atoms with van der Waals surface area (Å²) < 4.78 is 43.1. The SMILES string of the molecule is CCN(Cc1cncn1C)c1ccc(N2CCCCC2)c(C(F)(F)F)c1. The second kappa shape index (κ2) is 7.60. The summed E-state index contributed by atoms with van der Waals surface area (Å²) in [5.41, 5.74) is 1.31. The Bertz CT molecular complexity index is 733. The number of halogens is 3. The van der Waals surface area contributed by atoms with Crippen molar-refractivity contribution in [3.8, 4) is 0 Å². The Morgan fingerprint density at radius 3 is 2.46 bits per heavy atom. The monoisotopic (exact) mass is 366 g/mol. The van der Waals surface area contributed by atoms with Crippen molar-refractivity contribution >= 4 is 11.4 Å². The van der Waals surface area contributed by atoms with Crippen LogP contribution in [0.2, 0.25) is 0 Å². The topological polar surface area (TPSA) is 24.3 Å². The van der Waals surface area contributed by atoms with Crippen LogP contribution in [0, 0.1) is 0 Å². The van der Waals surface area contributed by atoms with Gasteiger partial charge in [0.05, 0.1) is 24.1 Å². The molecule has 0 unspecified atom stereocenters. The van der Waals surface area contributed by atoms with Gasteiger partial charge in [0.1, 0.15) is 0 Å². The van der Waals surface area contributed by atoms with Gasteiger partial charge in [0, 0.05) is 44.3 Å². The van der Waals surface area contributed by atoms with Crippen LogP contribution in [0.15, 0.2) is 30.7 Å². The molecule has 26 heavy (non-hydrogen) atoms. The summed E-state index contributed by atoms with van der Waals surface area (Å²) in [7, 11) is 1.89. The first-order valence-electron chi connectivity index (χ1n) is 9.06. The minimum absolute atomic E-state index is 0.303. The number of rotatable bonds is 5. The van der Waals surface area contributed by atoms with Crippen LogP contribution in [0.3, 0.4) is 0 Å². The van der Waals surface area contributed by atoms with Gasteiger partial charge in [-0.1, -0.05) is 0 Å². The highest BCUT2D eigenvalue weighted by Gasteiger charge is 2.35. The fourth-order valence-electron chi connectivity index (χ4n) is 3.48. The van der Waals surface area contributed by atoms with E-state index in [-0.39, 0.29) is 0 Å². The molecule has 0 atom stereocenters. The van der Waals surface area contributed by atoms with Gasteiger partial charge >= 0.3 is 6.18 Å². The summed E-state index contributed by atoms with van der Waals surface area (Å²) in [4.78, 5) is 7.89. The van der Waals surface area contributed by atoms with E-state index in [1.165, 1.54) is 6.07 Å². The van der Waals surface area contributed by atoms with Crippen LogP contribution >= 0.6 is 0 Å². The minimum atomic E-state index is -4.37. The summed E-state index contributed by atoms with van der Waals surface area (Å²) in [5.74, 6) is 0. The molecule has 1 fully saturated rings. The number of benzene rings is 1. The lowest BCUT2D eigenvalue weighted by molar-refractivity contribution is -0.137. The van der Waals surface area contributed by atoms with Crippen molar-refractivity contribution in [2.24, 2.45) is 7.05 Å². The zero-order valence-corrected chi connectivity index (χ0v) is 15.3. The first-order valence-corrected chi connectivity index (χ1v) is 9.06. The molecular weight excluding hydrogens is 341 g/mol. The number of hydrogen-bond acceptors (Lipinski definition) is 3. The number of anilines is 2. The average Bonchev–Trinajstić information content (AvgIpc) is 3.04. The van der Waals surface area contributed by atoms with Crippen LogP contribution in [0.1, 0.15) is 37.4 Å². The van der Waals surface area contributed by atoms with Gasteiger partial charge in [0.25, 0.3) is 0 Å². The minimum Gasteiger partial charge on any atom is -0.371 e. The van der Waals surface area contributed by atoms with Gasteiger partial charge in [-0.3, -0.25) is 0 Å². The molecule has 142 valence electrons. The zero-order valence-electron chi connectivity index (χ0n) is 15.3. The van der Waals surface area contributed by atoms with Crippen LogP contribution in [-0.2, 0) is 19.8 Å². The number of piperidine rings is 1. The third-order valence-corrected chi connectivity index (χ3v) is 5.00. The standard InChI is InChI=1S/C19H25F3N4/c1-3-25(13-16-12-23-14-24(16)2)15-7-8-18(17(11-15)19(20,21)22)26-9-5-4-6-10-26/h7-8,11-12,14H,3-6,9-10,13H2,1-2H3. The molecule has 3 rings (SSSR count). The zero-order chi connectivity index (χ0) is 18.7. The van der Waals surface area contributed by atoms with Gasteiger partial charge in [-0.2, -0.15) is 13.2 Å². The average molecular weight is 366 g/mol. The van der Waals surface area contributed by atoms with Crippen LogP contribution < -0.4 is 9.80 Å². The maximum atomic E-state index is 13.7. The molecule has 4 nitrogen and oxygen atoms in total. The second-order valence-electron chi connectivity index (χ2n) is 6.76. The number of hydrogen-bond donors (Lipinski definition) is 0. The van der Waals surface area contributed by atoms with Crippen LogP contribution in [0.25, 0.3) is 0 Å². The molecular formula is C19H25F3N4. The smallest absolute Gasteiger partial charge is 0.371 e. The first-order chi connectivity index (χ1) is 12.4. The van der Waals surface area contributed by atoms with Crippen molar-refractivity contribution in [3.63, 3.8) is 0 Å². The van der Waals surface area contributed by atoms with Gasteiger partial charge < -0.3 is 14.4 Å². The quantitative estimate of drug-likeness (QED) is 0.781. The summed E-state index contributed by atoms with van der Waals surface area (Å²) >= 11 is 0. The Morgan fingerprint density at radius 1 is 1.15 bits per heavy atom. The van der Waals surface area contributed by atoms with Crippen molar-refractivity contribution in [3.05, 3.63) is 42.0 Å². The number of alkyl halides is 3. The van der Waals surface area contributed by atoms with Crippen LogP contribution in [0.4, 0.5) is 24.5 Å². The maximum Gasteiger partial charge on any atom is 0.418 e. The predicted molar refractivity (Wildman–Crippen MR) is 97.4 cm³/mol. The van der Waals surface area contributed by atoms with Crippen molar-refractivity contribution in [1.82, 2.24) is 9.55 Å². The summed E-state index contributed by atoms with van der Waals surface area (Å²) in [6.07, 6.45) is 2.05. The van der Waals surface area contributed by atoms with Gasteiger partial charge in [0.15, 0.2) is 0 Å². The number of imidazole rings is 1. The lowest BCUT2D eigenvalue weighted by Gasteiger charge is -2.32. The normalized spacial score (nSPS) is 15.3. The maximum absolute atomic E-state index is 13.7. The molecule has 1 saturated heterocycles. The van der Waals surface area contributed by atoms with E-state index < -0.39 is 11.7 Å². The Morgan fingerprint density at radius 2 is 1.88 bits per heavy atom. The molecule has 7 heteroatoms. The fourth-order valence-corrected chi connectivity index (χ4v) is 3.48. The van der Waals surface area contributed by atoms with Gasteiger partial charge in [0.2, 0.25) is 0 Å². The lowest BCUT2D eigenvalue weighted by atomic mass is 10.1. The molecule has 1 aromatic carbocycles. The van der Waals surface area contributed by atoms with E-state index in [0.29, 0.717) is 37.6 Å². The number of aryl methyl sites for hydroxylation is 1. The molecule has 0 spiro atoms. The van der Waals surface area contributed by atoms with E-state index >= 15 is 0 Å². The lowest BCUT2D eigenvalue weighted by Crippen LogP contribution is -2.31. The van der Waals surface area contributed by atoms with Gasteiger partial charge in [-0.25, -0.2) is 4.98 Å². The molecule has 2 aromatic rings. The Labute approximate surface area is 152 Å². The molecule has 2 heterocycles. The summed E-state index contributed by atoms with van der Waals surface area (Å²) in [5, 5.41) is 0. The van der Waals surface area contributed by atoms with E-state index in [9.17, 15) is 13.2 Å². The molecule has 1 aromatic heterocycles. The Balaban J connectivity index is 1.93. The molecule has 0 N–H and O–H groups in total. The highest BCUT2D eigenvalue weighted by atomic mass is 19.4. The van der Waals surface area contributed by atoms with Crippen LogP contribution in [-0.4, -0.2) is 29.2 Å². The Kier molecular flexibility index (Phi) is 5.44. The predicted octanol–water partition coefficient (Wildman–Crippen LogP) is 4.46. The Hall–Kier alpha value is -2.18. The highest BCUT2D eigenvalue weighted by Crippen LogP contribution is 2.40. The second-order valence-corrected chi connectivity index (χ2v) is 6.76. The molecule has 1 aliphatic rings. The number of aromatic nitrogens is 2. The largest absolute Gasteiger partial charge is 0.418 e. The molecule has 0 radical (unpaired) electrons. The molecule has 0 bridgehead atoms. The third kappa shape index (κ3) is 3.97. The van der Waals surface area contributed by atoms with Crippen molar-refractivity contribution in [1.29, 1.82) is 0 Å². The first kappa shape index (κ1) is 18.6. The molecule has 0 aliphatic carbocycles. The van der Waals surface area contributed by atoms with Crippen LogP contribution in [0.5, 0.6) is 0 Å². The molecule has 0 saturated carbocycles. The van der Waals surface area contributed by atoms with Gasteiger partial charge in [-0.05, 0) is 44.4 Å². The third-order valence-electron chi connectivity index (χ3n) is 5.00. The summed E-state index contributed by atoms with van der Waals surface area (Å²) in [6.45, 7) is 4.46. The fraction of sp³-hybridized carbons (Fsp3) is 0.526. The van der Waals surface area contributed by atoms with Crippen molar-refractivity contribution in [2.45, 2.75) is 38.9 Å². The number of nitrogens with zero attached hydrogens (tertiary/aromatic N) is 4. The summed E-state index contributed by atoms with van der Waals surface area (Å²) in [6, 6.07) is 4.73. The highest BCUT2D eigenvalue weighted by molar-refractivity contribution is 5.63. The van der Waals surface area contributed by atoms with E-state index in [1.807, 2.05) is 28.3 Å².